The Labute approximate surface area is 112 Å². The Balaban J connectivity index is 1.95. The molecule has 1 atom stereocenters. The molecule has 2 aliphatic carbocycles. The average molecular weight is 254 g/mol. The van der Waals surface area contributed by atoms with Crippen LogP contribution in [0.2, 0.25) is 0 Å². The second-order valence-electron chi connectivity index (χ2n) is 6.42. The van der Waals surface area contributed by atoms with E-state index in [0.29, 0.717) is 6.04 Å². The van der Waals surface area contributed by atoms with Gasteiger partial charge in [0, 0.05) is 6.61 Å². The lowest BCUT2D eigenvalue weighted by Gasteiger charge is -2.44. The summed E-state index contributed by atoms with van der Waals surface area (Å²) in [5.41, 5.74) is 3.08. The van der Waals surface area contributed by atoms with Gasteiger partial charge in [-0.05, 0) is 57.3 Å². The third kappa shape index (κ3) is 3.46. The predicted octanol–water partition coefficient (Wildman–Crippen LogP) is 2.99. The van der Waals surface area contributed by atoms with Crippen LogP contribution in [0.3, 0.4) is 0 Å². The van der Waals surface area contributed by atoms with Crippen LogP contribution in [0.25, 0.3) is 0 Å². The Hall–Kier alpha value is -0.120. The highest BCUT2D eigenvalue weighted by molar-refractivity contribution is 4.96. The van der Waals surface area contributed by atoms with E-state index in [1.54, 1.807) is 0 Å². The van der Waals surface area contributed by atoms with Gasteiger partial charge in [-0.25, -0.2) is 0 Å². The maximum Gasteiger partial charge on any atom is 0.0848 e. The van der Waals surface area contributed by atoms with Gasteiger partial charge in [0.15, 0.2) is 0 Å². The van der Waals surface area contributed by atoms with E-state index in [4.69, 9.17) is 10.6 Å². The van der Waals surface area contributed by atoms with Gasteiger partial charge in [-0.2, -0.15) is 0 Å². The first-order valence-electron chi connectivity index (χ1n) is 7.80. The third-order valence-electron chi connectivity index (χ3n) is 4.95. The molecule has 0 spiro atoms. The molecule has 0 saturated heterocycles. The molecule has 1 unspecified atom stereocenters. The highest BCUT2D eigenvalue weighted by Crippen LogP contribution is 2.40. The number of rotatable bonds is 7. The van der Waals surface area contributed by atoms with Crippen LogP contribution in [-0.2, 0) is 4.74 Å². The second kappa shape index (κ2) is 6.36. The van der Waals surface area contributed by atoms with Crippen LogP contribution in [0.1, 0.15) is 65.2 Å². The van der Waals surface area contributed by atoms with Crippen molar-refractivity contribution in [1.29, 1.82) is 0 Å². The fourth-order valence-corrected chi connectivity index (χ4v) is 3.44. The van der Waals surface area contributed by atoms with Crippen LogP contribution in [0.4, 0.5) is 0 Å². The summed E-state index contributed by atoms with van der Waals surface area (Å²) in [5, 5.41) is 0. The van der Waals surface area contributed by atoms with Gasteiger partial charge in [-0.3, -0.25) is 11.3 Å². The molecule has 3 N–H and O–H groups in total. The molecule has 0 aromatic carbocycles. The quantitative estimate of drug-likeness (QED) is 0.542. The average Bonchev–Trinajstić information content (AvgIpc) is 3.18. The van der Waals surface area contributed by atoms with Gasteiger partial charge in [0.05, 0.1) is 11.6 Å². The summed E-state index contributed by atoms with van der Waals surface area (Å²) in [6.45, 7) is 5.26. The van der Waals surface area contributed by atoms with E-state index >= 15 is 0 Å². The van der Waals surface area contributed by atoms with Gasteiger partial charge in [-0.15, -0.1) is 0 Å². The van der Waals surface area contributed by atoms with E-state index in [0.717, 1.165) is 18.4 Å². The lowest BCUT2D eigenvalue weighted by atomic mass is 9.74. The van der Waals surface area contributed by atoms with E-state index < -0.39 is 0 Å². The van der Waals surface area contributed by atoms with Crippen molar-refractivity contribution in [1.82, 2.24) is 5.43 Å². The minimum absolute atomic E-state index is 0.00486. The Morgan fingerprint density at radius 3 is 2.44 bits per heavy atom. The summed E-state index contributed by atoms with van der Waals surface area (Å²) in [6.07, 6.45) is 10.2. The fourth-order valence-electron chi connectivity index (χ4n) is 3.44. The molecule has 2 saturated carbocycles. The van der Waals surface area contributed by atoms with Crippen molar-refractivity contribution in [3.05, 3.63) is 0 Å². The standard InChI is InChI=1S/C15H30N2O/c1-3-18-15(10-8-12(2)9-11-15)14(17-16)7-6-13-4-5-13/h12-14,17H,3-11,16H2,1-2H3. The van der Waals surface area contributed by atoms with Crippen molar-refractivity contribution in [3.63, 3.8) is 0 Å². The molecule has 2 fully saturated rings. The lowest BCUT2D eigenvalue weighted by Crippen LogP contribution is -2.56. The Bertz CT molecular complexity index is 245. The van der Waals surface area contributed by atoms with E-state index in [1.807, 2.05) is 0 Å². The molecule has 0 heterocycles. The van der Waals surface area contributed by atoms with E-state index in [2.05, 4.69) is 19.3 Å². The predicted molar refractivity (Wildman–Crippen MR) is 75.1 cm³/mol. The van der Waals surface area contributed by atoms with E-state index in [9.17, 15) is 0 Å². The molecule has 2 aliphatic rings. The first-order chi connectivity index (χ1) is 8.70. The second-order valence-corrected chi connectivity index (χ2v) is 6.42. The molecule has 3 heteroatoms. The Kier molecular flexibility index (Phi) is 5.05. The minimum Gasteiger partial charge on any atom is -0.374 e. The lowest BCUT2D eigenvalue weighted by molar-refractivity contribution is -0.0983. The fraction of sp³-hybridized carbons (Fsp3) is 1.00. The Morgan fingerprint density at radius 2 is 1.94 bits per heavy atom. The summed E-state index contributed by atoms with van der Waals surface area (Å²) in [7, 11) is 0. The van der Waals surface area contributed by atoms with Gasteiger partial charge in [-0.1, -0.05) is 19.8 Å². The first kappa shape index (κ1) is 14.3. The molecule has 0 amide bonds. The number of hydrogen-bond acceptors (Lipinski definition) is 3. The van der Waals surface area contributed by atoms with Gasteiger partial charge >= 0.3 is 0 Å². The summed E-state index contributed by atoms with van der Waals surface area (Å²) < 4.78 is 6.18. The SMILES string of the molecule is CCOC1(C(CCC2CC2)NN)CCC(C)CC1. The summed E-state index contributed by atoms with van der Waals surface area (Å²) in [6, 6.07) is 0.338. The van der Waals surface area contributed by atoms with Crippen molar-refractivity contribution in [3.8, 4) is 0 Å². The van der Waals surface area contributed by atoms with E-state index in [1.165, 1.54) is 51.4 Å². The summed E-state index contributed by atoms with van der Waals surface area (Å²) in [4.78, 5) is 0. The summed E-state index contributed by atoms with van der Waals surface area (Å²) in [5.74, 6) is 7.65. The van der Waals surface area contributed by atoms with Gasteiger partial charge < -0.3 is 4.74 Å². The molecule has 2 rings (SSSR count). The van der Waals surface area contributed by atoms with Gasteiger partial charge in [0.1, 0.15) is 0 Å². The number of hydrazine groups is 1. The van der Waals surface area contributed by atoms with E-state index in [-0.39, 0.29) is 5.60 Å². The Morgan fingerprint density at radius 1 is 1.28 bits per heavy atom. The molecular weight excluding hydrogens is 224 g/mol. The zero-order valence-electron chi connectivity index (χ0n) is 12.1. The number of nitrogens with two attached hydrogens (primary N) is 1. The molecule has 0 bridgehead atoms. The third-order valence-corrected chi connectivity index (χ3v) is 4.95. The molecule has 0 aromatic rings. The molecule has 18 heavy (non-hydrogen) atoms. The monoisotopic (exact) mass is 254 g/mol. The largest absolute Gasteiger partial charge is 0.374 e. The normalized spacial score (nSPS) is 34.5. The van der Waals surface area contributed by atoms with Crippen LogP contribution >= 0.6 is 0 Å². The van der Waals surface area contributed by atoms with Crippen LogP contribution in [0, 0.1) is 11.8 Å². The van der Waals surface area contributed by atoms with Crippen LogP contribution in [-0.4, -0.2) is 18.2 Å². The molecule has 0 aromatic heterocycles. The highest BCUT2D eigenvalue weighted by Gasteiger charge is 2.42. The van der Waals surface area contributed by atoms with Crippen molar-refractivity contribution in [2.45, 2.75) is 76.9 Å². The number of nitrogens with one attached hydrogen (secondary N) is 1. The molecule has 0 aliphatic heterocycles. The maximum atomic E-state index is 6.18. The molecule has 3 nitrogen and oxygen atoms in total. The van der Waals surface area contributed by atoms with Crippen molar-refractivity contribution >= 4 is 0 Å². The van der Waals surface area contributed by atoms with Crippen molar-refractivity contribution in [2.75, 3.05) is 6.61 Å². The van der Waals surface area contributed by atoms with Crippen molar-refractivity contribution < 1.29 is 4.74 Å². The van der Waals surface area contributed by atoms with Crippen LogP contribution in [0.5, 0.6) is 0 Å². The highest BCUT2D eigenvalue weighted by atomic mass is 16.5. The topological polar surface area (TPSA) is 47.3 Å². The molecular formula is C15H30N2O. The van der Waals surface area contributed by atoms with Crippen LogP contribution < -0.4 is 11.3 Å². The molecule has 106 valence electrons. The maximum absolute atomic E-state index is 6.18. The van der Waals surface area contributed by atoms with Gasteiger partial charge in [0.25, 0.3) is 0 Å². The number of hydrogen-bond donors (Lipinski definition) is 2. The minimum atomic E-state index is 0.00486. The van der Waals surface area contributed by atoms with Crippen LogP contribution in [0.15, 0.2) is 0 Å². The first-order valence-corrected chi connectivity index (χ1v) is 7.80. The van der Waals surface area contributed by atoms with Crippen molar-refractivity contribution in [2.24, 2.45) is 17.7 Å². The zero-order valence-corrected chi connectivity index (χ0v) is 12.1. The summed E-state index contributed by atoms with van der Waals surface area (Å²) >= 11 is 0. The smallest absolute Gasteiger partial charge is 0.0848 e. The molecule has 0 radical (unpaired) electrons. The number of ether oxygens (including phenoxy) is 1. The van der Waals surface area contributed by atoms with Gasteiger partial charge in [0.2, 0.25) is 0 Å². The zero-order chi connectivity index (χ0) is 13.0.